The quantitative estimate of drug-likeness (QED) is 0.215. The van der Waals surface area contributed by atoms with Crippen molar-refractivity contribution in [2.24, 2.45) is 0 Å². The molecule has 2 amide bonds. The first-order chi connectivity index (χ1) is 14.2. The number of thioether (sulfide) groups is 2. The first kappa shape index (κ1) is 24.6. The summed E-state index contributed by atoms with van der Waals surface area (Å²) < 4.78 is 16.0. The summed E-state index contributed by atoms with van der Waals surface area (Å²) in [5.41, 5.74) is 0. The lowest BCUT2D eigenvalue weighted by molar-refractivity contribution is -0.138. The molecule has 2 fully saturated rings. The van der Waals surface area contributed by atoms with Crippen molar-refractivity contribution >= 4 is 35.5 Å². The van der Waals surface area contributed by atoms with Gasteiger partial charge in [-0.05, 0) is 18.6 Å². The maximum Gasteiger partial charge on any atom is 0.315 e. The molecule has 168 valence electrons. The maximum atomic E-state index is 11.4. The molecule has 2 saturated heterocycles. The number of urea groups is 1. The summed E-state index contributed by atoms with van der Waals surface area (Å²) in [6.07, 6.45) is 4.91. The highest BCUT2D eigenvalue weighted by Crippen LogP contribution is 2.33. The molecule has 2 aliphatic rings. The zero-order chi connectivity index (χ0) is 20.7. The van der Waals surface area contributed by atoms with Crippen LogP contribution in [0.3, 0.4) is 0 Å². The topological polar surface area (TPSA) is 106 Å². The Morgan fingerprint density at radius 1 is 1.00 bits per heavy atom. The van der Waals surface area contributed by atoms with Crippen molar-refractivity contribution in [2.45, 2.75) is 49.4 Å². The van der Waals surface area contributed by atoms with Gasteiger partial charge in [0, 0.05) is 16.8 Å². The van der Waals surface area contributed by atoms with E-state index in [9.17, 15) is 9.59 Å². The zero-order valence-corrected chi connectivity index (χ0v) is 18.6. The Morgan fingerprint density at radius 2 is 1.72 bits per heavy atom. The molecule has 29 heavy (non-hydrogen) atoms. The Labute approximate surface area is 181 Å². The Bertz CT molecular complexity index is 486. The first-order valence-corrected chi connectivity index (χ1v) is 12.6. The van der Waals surface area contributed by atoms with E-state index in [0.29, 0.717) is 43.8 Å². The third-order valence-corrected chi connectivity index (χ3v) is 7.33. The van der Waals surface area contributed by atoms with Crippen molar-refractivity contribution in [1.82, 2.24) is 10.6 Å². The summed E-state index contributed by atoms with van der Waals surface area (Å²) in [6, 6.07) is 0.653. The molecule has 3 atom stereocenters. The summed E-state index contributed by atoms with van der Waals surface area (Å²) in [7, 11) is 0. The summed E-state index contributed by atoms with van der Waals surface area (Å²) in [4.78, 5) is 21.7. The smallest absolute Gasteiger partial charge is 0.315 e. The van der Waals surface area contributed by atoms with Crippen molar-refractivity contribution < 1.29 is 28.9 Å². The van der Waals surface area contributed by atoms with Crippen LogP contribution in [-0.4, -0.2) is 91.3 Å². The van der Waals surface area contributed by atoms with Crippen molar-refractivity contribution in [3.8, 4) is 0 Å². The van der Waals surface area contributed by atoms with E-state index in [1.165, 1.54) is 25.7 Å². The number of amides is 2. The van der Waals surface area contributed by atoms with Crippen LogP contribution in [0.5, 0.6) is 0 Å². The van der Waals surface area contributed by atoms with E-state index >= 15 is 0 Å². The highest BCUT2D eigenvalue weighted by Gasteiger charge is 2.42. The summed E-state index contributed by atoms with van der Waals surface area (Å²) >= 11 is 3.91. The molecule has 0 bridgehead atoms. The molecule has 0 aromatic heterocycles. The Hall–Kier alpha value is -0.680. The number of carbonyl (C=O) groups excluding carboxylic acids is 1. The minimum absolute atomic E-state index is 0.00233. The summed E-state index contributed by atoms with van der Waals surface area (Å²) in [5, 5.41) is 15.1. The van der Waals surface area contributed by atoms with E-state index in [2.05, 4.69) is 10.6 Å². The molecule has 2 aliphatic heterocycles. The summed E-state index contributed by atoms with van der Waals surface area (Å²) in [6.45, 7) is 2.93. The fourth-order valence-corrected chi connectivity index (χ4v) is 5.68. The van der Waals surface area contributed by atoms with Crippen molar-refractivity contribution in [3.05, 3.63) is 0 Å². The first-order valence-electron chi connectivity index (χ1n) is 10.4. The number of carbonyl (C=O) groups is 2. The molecule has 0 aromatic carbocycles. The van der Waals surface area contributed by atoms with Crippen LogP contribution < -0.4 is 10.6 Å². The van der Waals surface area contributed by atoms with Gasteiger partial charge in [-0.15, -0.1) is 0 Å². The van der Waals surface area contributed by atoms with Gasteiger partial charge in [-0.3, -0.25) is 4.79 Å². The zero-order valence-electron chi connectivity index (χ0n) is 16.9. The lowest BCUT2D eigenvalue weighted by Crippen LogP contribution is -2.36. The normalized spacial score (nSPS) is 23.0. The molecular weight excluding hydrogens is 416 g/mol. The van der Waals surface area contributed by atoms with Crippen LogP contribution in [-0.2, 0) is 19.0 Å². The van der Waals surface area contributed by atoms with Crippen molar-refractivity contribution in [1.29, 1.82) is 0 Å². The van der Waals surface area contributed by atoms with Crippen LogP contribution in [0.2, 0.25) is 0 Å². The van der Waals surface area contributed by atoms with Gasteiger partial charge in [-0.25, -0.2) is 4.79 Å². The van der Waals surface area contributed by atoms with Crippen molar-refractivity contribution in [3.63, 3.8) is 0 Å². The molecule has 0 unspecified atom stereocenters. The molecule has 2 heterocycles. The van der Waals surface area contributed by atoms with Crippen molar-refractivity contribution in [2.75, 3.05) is 56.9 Å². The Kier molecular flexibility index (Phi) is 12.9. The van der Waals surface area contributed by atoms with Gasteiger partial charge in [-0.2, -0.15) is 23.5 Å². The highest BCUT2D eigenvalue weighted by molar-refractivity contribution is 8.00. The number of ether oxygens (including phenoxy) is 3. The number of unbranched alkanes of at least 4 members (excludes halogenated alkanes) is 2. The monoisotopic (exact) mass is 450 g/mol. The fourth-order valence-electron chi connectivity index (χ4n) is 3.29. The number of fused-ring (bicyclic) bond motifs is 1. The number of carboxylic acids is 1. The van der Waals surface area contributed by atoms with Gasteiger partial charge in [0.15, 0.2) is 0 Å². The second kappa shape index (κ2) is 15.2. The maximum absolute atomic E-state index is 11.4. The van der Waals surface area contributed by atoms with Gasteiger partial charge in [0.25, 0.3) is 0 Å². The lowest BCUT2D eigenvalue weighted by atomic mass is 10.0. The molecule has 0 aromatic rings. The average Bonchev–Trinajstić information content (AvgIpc) is 3.23. The summed E-state index contributed by atoms with van der Waals surface area (Å²) in [5.74, 6) is 2.35. The van der Waals surface area contributed by atoms with Gasteiger partial charge in [-0.1, -0.05) is 12.8 Å². The van der Waals surface area contributed by atoms with Crippen LogP contribution in [0.1, 0.15) is 32.1 Å². The predicted octanol–water partition coefficient (Wildman–Crippen LogP) is 1.97. The second-order valence-electron chi connectivity index (χ2n) is 7.06. The number of rotatable bonds is 18. The average molecular weight is 451 g/mol. The number of nitrogens with one attached hydrogen (secondary N) is 2. The Morgan fingerprint density at radius 3 is 2.48 bits per heavy atom. The van der Waals surface area contributed by atoms with E-state index in [1.807, 2.05) is 23.5 Å². The largest absolute Gasteiger partial charge is 0.481 e. The number of aliphatic carboxylic acids is 1. The third kappa shape index (κ3) is 10.8. The van der Waals surface area contributed by atoms with E-state index in [-0.39, 0.29) is 19.1 Å². The van der Waals surface area contributed by atoms with E-state index < -0.39 is 5.97 Å². The SMILES string of the molecule is O=C(O)CCOCCOCCOCCSCCCCC[C@@H]1SC[C@@H]2NC(=O)N[C@@H]21. The third-order valence-electron chi connectivity index (χ3n) is 4.79. The van der Waals surface area contributed by atoms with Crippen LogP contribution in [0, 0.1) is 0 Å². The number of hydrogen-bond donors (Lipinski definition) is 3. The standard InChI is InChI=1S/C19H34N2O6S2/c22-17(23)5-6-25-7-8-26-9-10-27-11-13-28-12-3-1-2-4-16-18-15(14-29-16)20-19(24)21-18/h15-16,18H,1-14H2,(H,22,23)(H2,20,21,24)/t15-,16-,18-/m0/s1. The van der Waals surface area contributed by atoms with Gasteiger partial charge in [0.1, 0.15) is 0 Å². The molecule has 0 radical (unpaired) electrons. The van der Waals surface area contributed by atoms with Gasteiger partial charge >= 0.3 is 12.0 Å². The number of carboxylic acid groups (broad SMARTS) is 1. The predicted molar refractivity (Wildman–Crippen MR) is 116 cm³/mol. The lowest BCUT2D eigenvalue weighted by Gasteiger charge is -2.16. The molecule has 2 rings (SSSR count). The highest BCUT2D eigenvalue weighted by atomic mass is 32.2. The van der Waals surface area contributed by atoms with Gasteiger partial charge in [0.05, 0.1) is 58.1 Å². The second-order valence-corrected chi connectivity index (χ2v) is 9.56. The Balaban J connectivity index is 1.26. The minimum atomic E-state index is -0.851. The molecule has 10 heteroatoms. The molecule has 0 saturated carbocycles. The van der Waals surface area contributed by atoms with Crippen LogP contribution in [0.15, 0.2) is 0 Å². The van der Waals surface area contributed by atoms with E-state index in [4.69, 9.17) is 19.3 Å². The molecular formula is C19H34N2O6S2. The fraction of sp³-hybridized carbons (Fsp3) is 0.895. The van der Waals surface area contributed by atoms with Gasteiger partial charge < -0.3 is 30.0 Å². The van der Waals surface area contributed by atoms with Crippen LogP contribution in [0.4, 0.5) is 4.79 Å². The minimum Gasteiger partial charge on any atom is -0.481 e. The van der Waals surface area contributed by atoms with Gasteiger partial charge in [0.2, 0.25) is 0 Å². The molecule has 0 aliphatic carbocycles. The molecule has 3 N–H and O–H groups in total. The van der Waals surface area contributed by atoms with E-state index in [1.54, 1.807) is 0 Å². The molecule has 8 nitrogen and oxygen atoms in total. The van der Waals surface area contributed by atoms with E-state index in [0.717, 1.165) is 23.9 Å². The number of hydrogen-bond acceptors (Lipinski definition) is 7. The van der Waals surface area contributed by atoms with Crippen LogP contribution >= 0.6 is 23.5 Å². The van der Waals surface area contributed by atoms with Crippen LogP contribution in [0.25, 0.3) is 0 Å². The molecule has 0 spiro atoms.